The average Bonchev–Trinajstić information content (AvgIpc) is 2.31. The van der Waals surface area contributed by atoms with Gasteiger partial charge in [0.2, 0.25) is 0 Å². The minimum absolute atomic E-state index is 0.190. The zero-order chi connectivity index (χ0) is 13.3. The summed E-state index contributed by atoms with van der Waals surface area (Å²) in [6.45, 7) is 7.56. The Bertz CT molecular complexity index is 393. The second-order valence-corrected chi connectivity index (χ2v) is 4.93. The normalized spacial score (nSPS) is 10.6. The number of ether oxygens (including phenoxy) is 1. The molecule has 4 nitrogen and oxygen atoms in total. The molecule has 0 aliphatic carbocycles. The first-order chi connectivity index (χ1) is 7.97. The van der Waals surface area contributed by atoms with Gasteiger partial charge in [0.15, 0.2) is 0 Å². The molecule has 0 saturated carbocycles. The van der Waals surface area contributed by atoms with Crippen molar-refractivity contribution in [3.8, 4) is 0 Å². The maximum absolute atomic E-state index is 11.1. The molecule has 0 bridgehead atoms. The fourth-order valence-corrected chi connectivity index (χ4v) is 1.67. The van der Waals surface area contributed by atoms with E-state index < -0.39 is 10.1 Å². The van der Waals surface area contributed by atoms with Crippen molar-refractivity contribution in [2.75, 3.05) is 20.3 Å². The lowest BCUT2D eigenvalue weighted by Crippen LogP contribution is -2.02. The highest BCUT2D eigenvalue weighted by Crippen LogP contribution is 2.11. The summed E-state index contributed by atoms with van der Waals surface area (Å²) in [5.74, 6) is 0. The van der Waals surface area contributed by atoms with E-state index in [9.17, 15) is 8.42 Å². The third-order valence-corrected chi connectivity index (χ3v) is 3.23. The summed E-state index contributed by atoms with van der Waals surface area (Å²) in [4.78, 5) is 0.190. The van der Waals surface area contributed by atoms with Crippen LogP contribution in [0.4, 0.5) is 0 Å². The van der Waals surface area contributed by atoms with Crippen molar-refractivity contribution >= 4 is 10.1 Å². The zero-order valence-electron chi connectivity index (χ0n) is 10.8. The lowest BCUT2D eigenvalue weighted by molar-refractivity contribution is 0.162. The van der Waals surface area contributed by atoms with Crippen molar-refractivity contribution in [2.45, 2.75) is 25.7 Å². The van der Waals surface area contributed by atoms with Crippen molar-refractivity contribution in [3.05, 3.63) is 29.8 Å². The first kappa shape index (κ1) is 16.1. The van der Waals surface area contributed by atoms with Crippen LogP contribution in [0.15, 0.2) is 29.2 Å². The molecule has 1 aromatic rings. The Morgan fingerprint density at radius 3 is 1.82 bits per heavy atom. The van der Waals surface area contributed by atoms with Gasteiger partial charge in [-0.3, -0.25) is 4.18 Å². The molecule has 0 aromatic heterocycles. The summed E-state index contributed by atoms with van der Waals surface area (Å²) >= 11 is 0. The molecule has 0 unspecified atom stereocenters. The van der Waals surface area contributed by atoms with Crippen LogP contribution in [0, 0.1) is 6.92 Å². The molecule has 1 aromatic carbocycles. The Morgan fingerprint density at radius 1 is 1.06 bits per heavy atom. The van der Waals surface area contributed by atoms with Crippen LogP contribution in [0.25, 0.3) is 0 Å². The first-order valence-corrected chi connectivity index (χ1v) is 6.83. The fraction of sp³-hybridized carbons (Fsp3) is 0.500. The second kappa shape index (κ2) is 8.22. The van der Waals surface area contributed by atoms with Crippen molar-refractivity contribution in [1.29, 1.82) is 0 Å². The number of aryl methyl sites for hydroxylation is 1. The van der Waals surface area contributed by atoms with Crippen LogP contribution >= 0.6 is 0 Å². The van der Waals surface area contributed by atoms with Crippen molar-refractivity contribution in [1.82, 2.24) is 0 Å². The molecule has 0 heterocycles. The number of rotatable bonds is 4. The minimum Gasteiger partial charge on any atom is -0.382 e. The third kappa shape index (κ3) is 6.41. The van der Waals surface area contributed by atoms with Gasteiger partial charge in [0.05, 0.1) is 12.0 Å². The Hall–Kier alpha value is -0.910. The molecule has 0 radical (unpaired) electrons. The lowest BCUT2D eigenvalue weighted by Gasteiger charge is -2.00. The van der Waals surface area contributed by atoms with E-state index in [0.29, 0.717) is 0 Å². The Morgan fingerprint density at radius 2 is 1.53 bits per heavy atom. The predicted octanol–water partition coefficient (Wildman–Crippen LogP) is 2.37. The number of hydrogen-bond acceptors (Lipinski definition) is 4. The van der Waals surface area contributed by atoms with Crippen LogP contribution < -0.4 is 0 Å². The van der Waals surface area contributed by atoms with Gasteiger partial charge in [0, 0.05) is 13.2 Å². The number of hydrogen-bond donors (Lipinski definition) is 0. The van der Waals surface area contributed by atoms with Gasteiger partial charge < -0.3 is 4.74 Å². The maximum Gasteiger partial charge on any atom is 0.296 e. The van der Waals surface area contributed by atoms with Gasteiger partial charge >= 0.3 is 0 Å². The number of benzene rings is 1. The van der Waals surface area contributed by atoms with E-state index in [4.69, 9.17) is 4.74 Å². The second-order valence-electron chi connectivity index (χ2n) is 3.22. The Kier molecular flexibility index (Phi) is 7.78. The van der Waals surface area contributed by atoms with Gasteiger partial charge in [-0.2, -0.15) is 8.42 Å². The fourth-order valence-electron chi connectivity index (χ4n) is 1.01. The van der Waals surface area contributed by atoms with Crippen molar-refractivity contribution in [2.24, 2.45) is 0 Å². The molecule has 0 fully saturated rings. The van der Waals surface area contributed by atoms with Crippen LogP contribution in [-0.2, 0) is 19.0 Å². The molecule has 17 heavy (non-hydrogen) atoms. The van der Waals surface area contributed by atoms with Gasteiger partial charge in [-0.25, -0.2) is 0 Å². The summed E-state index contributed by atoms with van der Waals surface area (Å²) in [6, 6.07) is 6.50. The summed E-state index contributed by atoms with van der Waals surface area (Å²) < 4.78 is 31.3. The van der Waals surface area contributed by atoms with Gasteiger partial charge in [0.25, 0.3) is 10.1 Å². The maximum atomic E-state index is 11.1. The molecule has 5 heteroatoms. The van der Waals surface area contributed by atoms with E-state index in [1.54, 1.807) is 12.1 Å². The molecule has 0 spiro atoms. The van der Waals surface area contributed by atoms with Crippen LogP contribution in [0.1, 0.15) is 19.4 Å². The van der Waals surface area contributed by atoms with Gasteiger partial charge in [0.1, 0.15) is 0 Å². The van der Waals surface area contributed by atoms with Gasteiger partial charge in [-0.1, -0.05) is 17.7 Å². The SMILES string of the molecule is CCOCC.COS(=O)(=O)c1ccc(C)cc1. The van der Waals surface area contributed by atoms with E-state index in [0.717, 1.165) is 25.9 Å². The van der Waals surface area contributed by atoms with Crippen LogP contribution in [0.3, 0.4) is 0 Å². The summed E-state index contributed by atoms with van der Waals surface area (Å²) in [6.07, 6.45) is 0. The minimum atomic E-state index is -3.51. The van der Waals surface area contributed by atoms with E-state index in [1.807, 2.05) is 20.8 Å². The van der Waals surface area contributed by atoms with Crippen molar-refractivity contribution < 1.29 is 17.3 Å². The summed E-state index contributed by atoms with van der Waals surface area (Å²) in [5, 5.41) is 0. The molecule has 0 atom stereocenters. The highest BCUT2D eigenvalue weighted by Gasteiger charge is 2.10. The van der Waals surface area contributed by atoms with E-state index >= 15 is 0 Å². The van der Waals surface area contributed by atoms with E-state index in [2.05, 4.69) is 4.18 Å². The Labute approximate surface area is 104 Å². The highest BCUT2D eigenvalue weighted by atomic mass is 32.2. The van der Waals surface area contributed by atoms with Gasteiger partial charge in [-0.15, -0.1) is 0 Å². The molecular formula is C12H20O4S. The molecule has 0 amide bonds. The molecule has 0 aliphatic heterocycles. The molecule has 0 saturated heterocycles. The third-order valence-electron chi connectivity index (χ3n) is 1.94. The van der Waals surface area contributed by atoms with Gasteiger partial charge in [-0.05, 0) is 32.9 Å². The molecule has 1 rings (SSSR count). The first-order valence-electron chi connectivity index (χ1n) is 5.43. The quantitative estimate of drug-likeness (QED) is 0.780. The topological polar surface area (TPSA) is 52.6 Å². The van der Waals surface area contributed by atoms with Crippen LogP contribution in [0.2, 0.25) is 0 Å². The molecule has 0 N–H and O–H groups in total. The standard InChI is InChI=1S/C8H10O3S.C4H10O/c1-7-3-5-8(6-4-7)12(9,10)11-2;1-3-5-4-2/h3-6H,1-2H3;3-4H2,1-2H3. The molecule has 0 aliphatic rings. The van der Waals surface area contributed by atoms with E-state index in [1.165, 1.54) is 12.1 Å². The van der Waals surface area contributed by atoms with Crippen LogP contribution in [0.5, 0.6) is 0 Å². The summed E-state index contributed by atoms with van der Waals surface area (Å²) in [5.41, 5.74) is 1.02. The summed E-state index contributed by atoms with van der Waals surface area (Å²) in [7, 11) is -2.37. The Balaban J connectivity index is 0.000000437. The molecular weight excluding hydrogens is 240 g/mol. The predicted molar refractivity (Wildman–Crippen MR) is 67.5 cm³/mol. The molecule has 98 valence electrons. The zero-order valence-corrected chi connectivity index (χ0v) is 11.6. The monoisotopic (exact) mass is 260 g/mol. The average molecular weight is 260 g/mol. The largest absolute Gasteiger partial charge is 0.382 e. The highest BCUT2D eigenvalue weighted by molar-refractivity contribution is 7.86. The van der Waals surface area contributed by atoms with Crippen molar-refractivity contribution in [3.63, 3.8) is 0 Å². The van der Waals surface area contributed by atoms with Crippen LogP contribution in [-0.4, -0.2) is 28.7 Å². The lowest BCUT2D eigenvalue weighted by atomic mass is 10.2. The van der Waals surface area contributed by atoms with E-state index in [-0.39, 0.29) is 4.90 Å². The smallest absolute Gasteiger partial charge is 0.296 e.